The van der Waals surface area contributed by atoms with E-state index in [1.165, 1.54) is 6.07 Å². The summed E-state index contributed by atoms with van der Waals surface area (Å²) in [7, 11) is 0. The van der Waals surface area contributed by atoms with E-state index in [2.05, 4.69) is 31.9 Å². The van der Waals surface area contributed by atoms with Gasteiger partial charge in [-0.25, -0.2) is 27.2 Å². The highest BCUT2D eigenvalue weighted by Crippen LogP contribution is 2.33. The number of carbonyl (C=O) groups excluding carboxylic acids is 3. The Hall–Kier alpha value is -2.27. The van der Waals surface area contributed by atoms with Crippen molar-refractivity contribution in [2.24, 2.45) is 0 Å². The summed E-state index contributed by atoms with van der Waals surface area (Å²) >= 11 is 5.85. The van der Waals surface area contributed by atoms with Gasteiger partial charge >= 0.3 is 11.9 Å². The molecule has 0 unspecified atom stereocenters. The zero-order valence-corrected chi connectivity index (χ0v) is 22.9. The van der Waals surface area contributed by atoms with Crippen LogP contribution in [0.15, 0.2) is 33.2 Å². The second kappa shape index (κ2) is 12.1. The Morgan fingerprint density at radius 1 is 0.800 bits per heavy atom. The number of aldehydes is 1. The van der Waals surface area contributed by atoms with Crippen molar-refractivity contribution in [3.05, 3.63) is 67.1 Å². The lowest BCUT2D eigenvalue weighted by atomic mass is 10.1. The zero-order valence-electron chi connectivity index (χ0n) is 19.8. The maximum Gasteiger partial charge on any atom is 0.339 e. The van der Waals surface area contributed by atoms with Crippen LogP contribution in [-0.4, -0.2) is 29.4 Å². The lowest BCUT2D eigenvalue weighted by Gasteiger charge is -2.20. The molecule has 0 spiro atoms. The molecule has 0 amide bonds. The van der Waals surface area contributed by atoms with Crippen molar-refractivity contribution in [3.63, 3.8) is 0 Å². The van der Waals surface area contributed by atoms with Crippen LogP contribution in [0.25, 0.3) is 0 Å². The van der Waals surface area contributed by atoms with Crippen LogP contribution in [0, 0.1) is 11.6 Å². The molecule has 0 radical (unpaired) electrons. The Bertz CT molecular complexity index is 1110. The van der Waals surface area contributed by atoms with Crippen LogP contribution < -0.4 is 0 Å². The molecule has 0 fully saturated rings. The highest BCUT2D eigenvalue weighted by Gasteiger charge is 2.26. The van der Waals surface area contributed by atoms with Crippen LogP contribution >= 0.6 is 31.9 Å². The SMILES string of the molecule is CC(C)(C)OC(=O)c1ccc(F)c(C(F)F)c1Br.CC(C)(C)OC(=O)c1ccc(F)c(C=O)c1Br. The van der Waals surface area contributed by atoms with Crippen molar-refractivity contribution < 1.29 is 41.4 Å². The second-order valence-electron chi connectivity index (χ2n) is 9.07. The minimum Gasteiger partial charge on any atom is -0.456 e. The van der Waals surface area contributed by atoms with E-state index in [0.717, 1.165) is 18.2 Å². The fourth-order valence-corrected chi connectivity index (χ4v) is 3.66. The van der Waals surface area contributed by atoms with E-state index in [-0.39, 0.29) is 25.6 Å². The molecular weight excluding hydrogens is 604 g/mol. The lowest BCUT2D eigenvalue weighted by molar-refractivity contribution is 0.00554. The molecule has 0 aliphatic rings. The summed E-state index contributed by atoms with van der Waals surface area (Å²) in [5, 5.41) is 0. The van der Waals surface area contributed by atoms with Gasteiger partial charge in [0.1, 0.15) is 22.8 Å². The number of benzene rings is 2. The van der Waals surface area contributed by atoms with E-state index in [1.54, 1.807) is 41.5 Å². The van der Waals surface area contributed by atoms with Crippen LogP contribution in [0.4, 0.5) is 17.6 Å². The van der Waals surface area contributed by atoms with E-state index < -0.39 is 46.8 Å². The molecule has 35 heavy (non-hydrogen) atoms. The van der Waals surface area contributed by atoms with Gasteiger partial charge in [0.05, 0.1) is 22.3 Å². The average molecular weight is 628 g/mol. The Labute approximate surface area is 217 Å². The Morgan fingerprint density at radius 2 is 1.20 bits per heavy atom. The molecule has 0 saturated carbocycles. The van der Waals surface area contributed by atoms with E-state index in [0.29, 0.717) is 6.29 Å². The zero-order chi connectivity index (χ0) is 27.3. The first-order valence-electron chi connectivity index (χ1n) is 10.1. The molecule has 2 aromatic carbocycles. The highest BCUT2D eigenvalue weighted by molar-refractivity contribution is 9.11. The fraction of sp³-hybridized carbons (Fsp3) is 0.375. The molecule has 0 aromatic heterocycles. The standard InChI is InChI=1S/C12H12BrF3O2.C12H12BrFO3/c1-12(2,3)18-11(17)6-4-5-7(14)8(9(6)13)10(15)16;1-12(2,3)17-11(16)7-4-5-9(14)8(6-15)10(7)13/h4-5,10H,1-3H3;4-6H,1-3H3. The van der Waals surface area contributed by atoms with Gasteiger partial charge in [-0.05, 0) is 97.7 Å². The van der Waals surface area contributed by atoms with Crippen LogP contribution in [0.2, 0.25) is 0 Å². The maximum absolute atomic E-state index is 13.2. The minimum absolute atomic E-state index is 0.113. The van der Waals surface area contributed by atoms with E-state index in [1.807, 2.05) is 0 Å². The highest BCUT2D eigenvalue weighted by atomic mass is 79.9. The van der Waals surface area contributed by atoms with E-state index >= 15 is 0 Å². The van der Waals surface area contributed by atoms with Crippen molar-refractivity contribution >= 4 is 50.1 Å². The number of hydrogen-bond donors (Lipinski definition) is 0. The van der Waals surface area contributed by atoms with Crippen molar-refractivity contribution in [2.75, 3.05) is 0 Å². The molecular formula is C24H24Br2F4O5. The molecule has 5 nitrogen and oxygen atoms in total. The van der Waals surface area contributed by atoms with Crippen molar-refractivity contribution in [1.82, 2.24) is 0 Å². The predicted octanol–water partition coefficient (Wildman–Crippen LogP) is 7.84. The van der Waals surface area contributed by atoms with Gasteiger partial charge in [0.2, 0.25) is 0 Å². The van der Waals surface area contributed by atoms with Crippen LogP contribution in [-0.2, 0) is 9.47 Å². The van der Waals surface area contributed by atoms with Gasteiger partial charge in [-0.15, -0.1) is 0 Å². The molecule has 0 heterocycles. The summed E-state index contributed by atoms with van der Waals surface area (Å²) < 4.78 is 61.8. The number of halogens is 6. The van der Waals surface area contributed by atoms with Crippen molar-refractivity contribution in [2.45, 2.75) is 59.2 Å². The molecule has 2 rings (SSSR count). The average Bonchev–Trinajstić information content (AvgIpc) is 2.65. The molecule has 0 aliphatic heterocycles. The third kappa shape index (κ3) is 9.03. The van der Waals surface area contributed by atoms with Gasteiger partial charge in [0.25, 0.3) is 6.43 Å². The molecule has 0 N–H and O–H groups in total. The summed E-state index contributed by atoms with van der Waals surface area (Å²) in [5.41, 5.74) is -2.42. The number of hydrogen-bond acceptors (Lipinski definition) is 5. The second-order valence-corrected chi connectivity index (χ2v) is 10.7. The van der Waals surface area contributed by atoms with Crippen LogP contribution in [0.5, 0.6) is 0 Å². The first-order chi connectivity index (χ1) is 15.9. The quantitative estimate of drug-likeness (QED) is 0.196. The van der Waals surface area contributed by atoms with Crippen molar-refractivity contribution in [3.8, 4) is 0 Å². The third-order valence-electron chi connectivity index (χ3n) is 3.83. The first-order valence-corrected chi connectivity index (χ1v) is 11.6. The third-order valence-corrected chi connectivity index (χ3v) is 5.54. The summed E-state index contributed by atoms with van der Waals surface area (Å²) in [6.45, 7) is 10.1. The summed E-state index contributed by atoms with van der Waals surface area (Å²) in [6.07, 6.45) is -2.66. The molecule has 2 aromatic rings. The predicted molar refractivity (Wildman–Crippen MR) is 129 cm³/mol. The minimum atomic E-state index is -3.01. The first kappa shape index (κ1) is 30.8. The summed E-state index contributed by atoms with van der Waals surface area (Å²) in [5.74, 6) is -3.13. The molecule has 0 atom stereocenters. The van der Waals surface area contributed by atoms with Gasteiger partial charge in [0.15, 0.2) is 6.29 Å². The fourth-order valence-electron chi connectivity index (χ4n) is 2.43. The normalized spacial score (nSPS) is 11.5. The molecule has 192 valence electrons. The largest absolute Gasteiger partial charge is 0.456 e. The van der Waals surface area contributed by atoms with Gasteiger partial charge < -0.3 is 9.47 Å². The van der Waals surface area contributed by atoms with Gasteiger partial charge in [-0.1, -0.05) is 0 Å². The smallest absolute Gasteiger partial charge is 0.339 e. The number of esters is 2. The van der Waals surface area contributed by atoms with Crippen molar-refractivity contribution in [1.29, 1.82) is 0 Å². The molecule has 11 heteroatoms. The molecule has 0 aliphatic carbocycles. The van der Waals surface area contributed by atoms with Gasteiger partial charge in [-0.2, -0.15) is 0 Å². The van der Waals surface area contributed by atoms with Gasteiger partial charge in [0, 0.05) is 8.95 Å². The van der Waals surface area contributed by atoms with Crippen LogP contribution in [0.1, 0.15) is 84.6 Å². The Morgan fingerprint density at radius 3 is 1.57 bits per heavy atom. The summed E-state index contributed by atoms with van der Waals surface area (Å²) in [4.78, 5) is 34.2. The number of alkyl halides is 2. The van der Waals surface area contributed by atoms with E-state index in [9.17, 15) is 31.9 Å². The Balaban J connectivity index is 0.000000351. The van der Waals surface area contributed by atoms with Crippen LogP contribution in [0.3, 0.4) is 0 Å². The van der Waals surface area contributed by atoms with E-state index in [4.69, 9.17) is 9.47 Å². The monoisotopic (exact) mass is 626 g/mol. The lowest BCUT2D eigenvalue weighted by Crippen LogP contribution is -2.24. The maximum atomic E-state index is 13.2. The Kier molecular flexibility index (Phi) is 10.6. The topological polar surface area (TPSA) is 69.7 Å². The number of rotatable bonds is 4. The number of carbonyl (C=O) groups is 3. The molecule has 0 saturated heterocycles. The van der Waals surface area contributed by atoms with Gasteiger partial charge in [-0.3, -0.25) is 4.79 Å². The number of ether oxygens (including phenoxy) is 2. The summed E-state index contributed by atoms with van der Waals surface area (Å²) in [6, 6.07) is 4.28. The molecule has 0 bridgehead atoms.